The molecule has 0 saturated carbocycles. The molecule has 0 fully saturated rings. The van der Waals surface area contributed by atoms with E-state index in [1.54, 1.807) is 11.3 Å². The van der Waals surface area contributed by atoms with Crippen molar-refractivity contribution in [3.8, 4) is 11.1 Å². The van der Waals surface area contributed by atoms with Crippen molar-refractivity contribution in [1.82, 2.24) is 0 Å². The van der Waals surface area contributed by atoms with Crippen LogP contribution < -0.4 is 16.2 Å². The number of thiophene rings is 1. The molecule has 0 saturated heterocycles. The molecule has 1 aromatic heterocycles. The second kappa shape index (κ2) is 5.06. The van der Waals surface area contributed by atoms with Gasteiger partial charge in [0.25, 0.3) is 0 Å². The summed E-state index contributed by atoms with van der Waals surface area (Å²) in [5, 5.41) is 5.07. The molecule has 3 nitrogen and oxygen atoms in total. The highest BCUT2D eigenvalue weighted by Gasteiger charge is 2.21. The largest absolute Gasteiger partial charge is 0.376 e. The predicted octanol–water partition coefficient (Wildman–Crippen LogP) is 2.93. The first-order chi connectivity index (χ1) is 9.66. The molecule has 1 heterocycles. The van der Waals surface area contributed by atoms with Gasteiger partial charge < -0.3 is 5.32 Å². The number of anilines is 1. The summed E-state index contributed by atoms with van der Waals surface area (Å²) in [6.07, 6.45) is 0. The van der Waals surface area contributed by atoms with Gasteiger partial charge >= 0.3 is 0 Å². The Hall–Kier alpha value is -2.20. The van der Waals surface area contributed by atoms with E-state index in [0.717, 1.165) is 16.0 Å². The fraction of sp³-hybridized carbons (Fsp3) is 0.125. The molecular weight excluding hydrogens is 270 g/mol. The fourth-order valence-corrected chi connectivity index (χ4v) is 2.79. The summed E-state index contributed by atoms with van der Waals surface area (Å²) >= 11 is 1.62. The maximum Gasteiger partial charge on any atom is 0.250 e. The smallest absolute Gasteiger partial charge is 0.250 e. The standard InChI is InChI=1S/C16H13NO2S/c1-10-4-6-11(7-5-10)13-14(16(19)15(13)18)17-9-12-3-2-8-20-12/h2-8,17H,9H2,1H3. The van der Waals surface area contributed by atoms with Crippen LogP contribution in [0.5, 0.6) is 0 Å². The van der Waals surface area contributed by atoms with Crippen LogP contribution in [0.4, 0.5) is 5.69 Å². The summed E-state index contributed by atoms with van der Waals surface area (Å²) in [5.74, 6) is 0. The first-order valence-electron chi connectivity index (χ1n) is 6.33. The minimum Gasteiger partial charge on any atom is -0.376 e. The third kappa shape index (κ3) is 2.18. The molecule has 0 spiro atoms. The minimum absolute atomic E-state index is 0.400. The Morgan fingerprint density at radius 2 is 1.80 bits per heavy atom. The first kappa shape index (κ1) is 12.8. The predicted molar refractivity (Wildman–Crippen MR) is 83.2 cm³/mol. The van der Waals surface area contributed by atoms with Gasteiger partial charge in [-0.3, -0.25) is 9.59 Å². The van der Waals surface area contributed by atoms with Crippen molar-refractivity contribution >= 4 is 17.0 Å². The van der Waals surface area contributed by atoms with Crippen molar-refractivity contribution in [3.05, 3.63) is 72.7 Å². The van der Waals surface area contributed by atoms with Crippen LogP contribution in [0.15, 0.2) is 51.4 Å². The van der Waals surface area contributed by atoms with Crippen LogP contribution in [-0.4, -0.2) is 0 Å². The maximum atomic E-state index is 11.8. The van der Waals surface area contributed by atoms with Crippen LogP contribution in [0.3, 0.4) is 0 Å². The summed E-state index contributed by atoms with van der Waals surface area (Å²) < 4.78 is 0. The molecule has 20 heavy (non-hydrogen) atoms. The number of nitrogens with one attached hydrogen (secondary N) is 1. The molecule has 0 aliphatic carbocycles. The third-order valence-electron chi connectivity index (χ3n) is 3.27. The molecule has 3 aromatic rings. The maximum absolute atomic E-state index is 11.8. The van der Waals surface area contributed by atoms with Gasteiger partial charge in [-0.15, -0.1) is 11.3 Å². The highest BCUT2D eigenvalue weighted by molar-refractivity contribution is 7.09. The summed E-state index contributed by atoms with van der Waals surface area (Å²) in [5.41, 5.74) is 2.05. The van der Waals surface area contributed by atoms with Gasteiger partial charge in [0.15, 0.2) is 0 Å². The average Bonchev–Trinajstić information content (AvgIpc) is 2.97. The van der Waals surface area contributed by atoms with Gasteiger partial charge in [-0.1, -0.05) is 35.9 Å². The number of benzene rings is 1. The van der Waals surface area contributed by atoms with E-state index in [0.29, 0.717) is 17.8 Å². The van der Waals surface area contributed by atoms with E-state index in [9.17, 15) is 9.59 Å². The topological polar surface area (TPSA) is 46.2 Å². The highest BCUT2D eigenvalue weighted by Crippen LogP contribution is 2.24. The molecule has 1 N–H and O–H groups in total. The van der Waals surface area contributed by atoms with Crippen molar-refractivity contribution in [2.75, 3.05) is 5.32 Å². The van der Waals surface area contributed by atoms with Crippen LogP contribution in [0.2, 0.25) is 0 Å². The molecule has 0 unspecified atom stereocenters. The van der Waals surface area contributed by atoms with Gasteiger partial charge in [-0.2, -0.15) is 0 Å². The molecule has 2 aromatic carbocycles. The van der Waals surface area contributed by atoms with Crippen molar-refractivity contribution in [2.24, 2.45) is 0 Å². The zero-order valence-electron chi connectivity index (χ0n) is 11.0. The molecule has 4 heteroatoms. The van der Waals surface area contributed by atoms with E-state index in [1.807, 2.05) is 48.7 Å². The van der Waals surface area contributed by atoms with Gasteiger partial charge in [-0.25, -0.2) is 0 Å². The number of hydrogen-bond acceptors (Lipinski definition) is 4. The number of rotatable bonds is 4. The van der Waals surface area contributed by atoms with E-state index in [2.05, 4.69) is 5.32 Å². The molecule has 0 atom stereocenters. The Bertz CT molecular complexity index is 794. The third-order valence-corrected chi connectivity index (χ3v) is 4.15. The molecule has 0 aliphatic rings. The van der Waals surface area contributed by atoms with Crippen molar-refractivity contribution in [3.63, 3.8) is 0 Å². The van der Waals surface area contributed by atoms with E-state index < -0.39 is 10.9 Å². The van der Waals surface area contributed by atoms with Gasteiger partial charge in [0.1, 0.15) is 0 Å². The lowest BCUT2D eigenvalue weighted by molar-refractivity contribution is 1.16. The Morgan fingerprint density at radius 1 is 1.05 bits per heavy atom. The number of aryl methyl sites for hydroxylation is 1. The van der Waals surface area contributed by atoms with Crippen molar-refractivity contribution in [1.29, 1.82) is 0 Å². The van der Waals surface area contributed by atoms with E-state index in [1.165, 1.54) is 0 Å². The summed E-state index contributed by atoms with van der Waals surface area (Å²) in [6, 6.07) is 11.6. The lowest BCUT2D eigenvalue weighted by atomic mass is 9.98. The fourth-order valence-electron chi connectivity index (χ4n) is 2.14. The Kier molecular flexibility index (Phi) is 3.24. The van der Waals surface area contributed by atoms with Crippen LogP contribution in [0.25, 0.3) is 11.1 Å². The van der Waals surface area contributed by atoms with E-state index in [4.69, 9.17) is 0 Å². The van der Waals surface area contributed by atoms with Crippen LogP contribution in [-0.2, 0) is 6.54 Å². The quantitative estimate of drug-likeness (QED) is 0.749. The lowest BCUT2D eigenvalue weighted by Gasteiger charge is -2.13. The monoisotopic (exact) mass is 283 g/mol. The van der Waals surface area contributed by atoms with Crippen molar-refractivity contribution < 1.29 is 0 Å². The first-order valence-corrected chi connectivity index (χ1v) is 7.21. The minimum atomic E-state index is -0.419. The second-order valence-electron chi connectivity index (χ2n) is 4.71. The Balaban J connectivity index is 1.89. The molecular formula is C16H13NO2S. The molecule has 100 valence electrons. The van der Waals surface area contributed by atoms with Gasteiger partial charge in [0.2, 0.25) is 10.9 Å². The van der Waals surface area contributed by atoms with Crippen LogP contribution in [0.1, 0.15) is 10.4 Å². The summed E-state index contributed by atoms with van der Waals surface area (Å²) in [7, 11) is 0. The summed E-state index contributed by atoms with van der Waals surface area (Å²) in [4.78, 5) is 24.6. The number of hydrogen-bond donors (Lipinski definition) is 1. The zero-order chi connectivity index (χ0) is 14.1. The molecule has 0 amide bonds. The molecule has 0 aliphatic heterocycles. The Labute approximate surface area is 120 Å². The second-order valence-corrected chi connectivity index (χ2v) is 5.74. The molecule has 3 rings (SSSR count). The zero-order valence-corrected chi connectivity index (χ0v) is 11.8. The molecule has 0 bridgehead atoms. The highest BCUT2D eigenvalue weighted by atomic mass is 32.1. The SMILES string of the molecule is Cc1ccc(-c2c(NCc3cccs3)c(=O)c2=O)cc1. The van der Waals surface area contributed by atoms with Crippen LogP contribution in [0, 0.1) is 6.92 Å². The van der Waals surface area contributed by atoms with E-state index >= 15 is 0 Å². The Morgan fingerprint density at radius 3 is 2.45 bits per heavy atom. The average molecular weight is 283 g/mol. The summed E-state index contributed by atoms with van der Waals surface area (Å²) in [6.45, 7) is 2.56. The normalized spacial score (nSPS) is 10.8. The molecule has 0 radical (unpaired) electrons. The van der Waals surface area contributed by atoms with E-state index in [-0.39, 0.29) is 0 Å². The van der Waals surface area contributed by atoms with Gasteiger partial charge in [0.05, 0.1) is 11.3 Å². The van der Waals surface area contributed by atoms with Gasteiger partial charge in [-0.05, 0) is 23.9 Å². The lowest BCUT2D eigenvalue weighted by Crippen LogP contribution is -2.36. The van der Waals surface area contributed by atoms with Crippen LogP contribution >= 0.6 is 11.3 Å². The van der Waals surface area contributed by atoms with Gasteiger partial charge in [0, 0.05) is 11.4 Å². The van der Waals surface area contributed by atoms with Crippen molar-refractivity contribution in [2.45, 2.75) is 13.5 Å².